The minimum atomic E-state index is -0.494. The molecule has 2 amide bonds. The molecule has 0 radical (unpaired) electrons. The Morgan fingerprint density at radius 3 is 2.67 bits per heavy atom. The Balaban J connectivity index is 2.38. The van der Waals surface area contributed by atoms with Crippen LogP contribution in [0.1, 0.15) is 33.6 Å². The normalized spacial score (nSPS) is 21.4. The molecule has 1 unspecified atom stereocenters. The number of piperidine rings is 1. The maximum atomic E-state index is 11.6. The summed E-state index contributed by atoms with van der Waals surface area (Å²) in [6.07, 6.45) is 1.43. The van der Waals surface area contributed by atoms with Crippen molar-refractivity contribution in [1.82, 2.24) is 10.2 Å². The lowest BCUT2D eigenvalue weighted by atomic mass is 10.1. The second-order valence-electron chi connectivity index (χ2n) is 5.69. The summed E-state index contributed by atoms with van der Waals surface area (Å²) in [6.45, 7) is 7.21. The minimum absolute atomic E-state index is 0.0212. The number of carbonyl (C=O) groups is 2. The largest absolute Gasteiger partial charge is 0.444 e. The third kappa shape index (κ3) is 5.86. The fourth-order valence-corrected chi connectivity index (χ4v) is 2.01. The van der Waals surface area contributed by atoms with Gasteiger partial charge in [0.1, 0.15) is 5.60 Å². The summed E-state index contributed by atoms with van der Waals surface area (Å²) >= 11 is 0. The lowest BCUT2D eigenvalue weighted by Gasteiger charge is -2.32. The molecule has 1 atom stereocenters. The van der Waals surface area contributed by atoms with Gasteiger partial charge in [-0.15, -0.1) is 0 Å². The van der Waals surface area contributed by atoms with Crippen LogP contribution < -0.4 is 11.1 Å². The predicted molar refractivity (Wildman–Crippen MR) is 68.0 cm³/mol. The molecule has 18 heavy (non-hydrogen) atoms. The zero-order valence-electron chi connectivity index (χ0n) is 11.4. The molecule has 1 saturated heterocycles. The van der Waals surface area contributed by atoms with Crippen molar-refractivity contribution in [2.45, 2.75) is 45.3 Å². The van der Waals surface area contributed by atoms with Crippen molar-refractivity contribution in [3.8, 4) is 0 Å². The lowest BCUT2D eigenvalue weighted by molar-refractivity contribution is -0.119. The topological polar surface area (TPSA) is 84.7 Å². The summed E-state index contributed by atoms with van der Waals surface area (Å²) < 4.78 is 5.20. The fraction of sp³-hybridized carbons (Fsp3) is 0.833. The van der Waals surface area contributed by atoms with Gasteiger partial charge in [-0.3, -0.25) is 9.69 Å². The number of nitrogens with zero attached hydrogens (tertiary/aromatic N) is 1. The molecule has 6 nitrogen and oxygen atoms in total. The molecule has 1 aliphatic heterocycles. The molecule has 0 aromatic rings. The van der Waals surface area contributed by atoms with Gasteiger partial charge in [-0.2, -0.15) is 0 Å². The third-order valence-corrected chi connectivity index (χ3v) is 2.61. The Hall–Kier alpha value is -1.30. The molecule has 104 valence electrons. The molecule has 0 aromatic carbocycles. The fourth-order valence-electron chi connectivity index (χ4n) is 2.01. The van der Waals surface area contributed by atoms with E-state index in [-0.39, 0.29) is 18.5 Å². The Labute approximate surface area is 108 Å². The van der Waals surface area contributed by atoms with Crippen molar-refractivity contribution >= 4 is 12.0 Å². The Bertz CT molecular complexity index is 312. The van der Waals surface area contributed by atoms with Crippen molar-refractivity contribution < 1.29 is 14.3 Å². The summed E-state index contributed by atoms with van der Waals surface area (Å²) in [4.78, 5) is 24.4. The average molecular weight is 257 g/mol. The maximum Gasteiger partial charge on any atom is 0.407 e. The van der Waals surface area contributed by atoms with Crippen molar-refractivity contribution in [3.05, 3.63) is 0 Å². The van der Waals surface area contributed by atoms with Crippen LogP contribution in [-0.4, -0.2) is 48.2 Å². The highest BCUT2D eigenvalue weighted by molar-refractivity contribution is 5.76. The van der Waals surface area contributed by atoms with E-state index in [1.54, 1.807) is 0 Å². The monoisotopic (exact) mass is 257 g/mol. The molecule has 0 saturated carbocycles. The van der Waals surface area contributed by atoms with Crippen molar-refractivity contribution in [3.63, 3.8) is 0 Å². The van der Waals surface area contributed by atoms with Crippen LogP contribution in [-0.2, 0) is 9.53 Å². The van der Waals surface area contributed by atoms with Crippen LogP contribution in [0.15, 0.2) is 0 Å². The number of alkyl carbamates (subject to hydrolysis) is 1. The summed E-state index contributed by atoms with van der Waals surface area (Å²) in [6, 6.07) is 0.0212. The molecule has 0 spiro atoms. The minimum Gasteiger partial charge on any atom is -0.444 e. The van der Waals surface area contributed by atoms with Crippen LogP contribution in [0.5, 0.6) is 0 Å². The number of primary amides is 1. The van der Waals surface area contributed by atoms with E-state index in [1.807, 2.05) is 25.7 Å². The number of carbonyl (C=O) groups excluding carboxylic acids is 2. The first-order valence-corrected chi connectivity index (χ1v) is 6.26. The molecule has 0 aromatic heterocycles. The van der Waals surface area contributed by atoms with Crippen LogP contribution in [0.2, 0.25) is 0 Å². The molecule has 6 heteroatoms. The highest BCUT2D eigenvalue weighted by atomic mass is 16.6. The van der Waals surface area contributed by atoms with Crippen LogP contribution in [0.25, 0.3) is 0 Å². The number of likely N-dealkylation sites (tertiary alicyclic amines) is 1. The first kappa shape index (κ1) is 14.8. The number of hydrogen-bond donors (Lipinski definition) is 2. The van der Waals surface area contributed by atoms with Gasteiger partial charge in [0.2, 0.25) is 5.91 Å². The van der Waals surface area contributed by atoms with Crippen molar-refractivity contribution in [1.29, 1.82) is 0 Å². The highest BCUT2D eigenvalue weighted by Gasteiger charge is 2.24. The molecule has 1 aliphatic rings. The van der Waals surface area contributed by atoms with Gasteiger partial charge < -0.3 is 15.8 Å². The van der Waals surface area contributed by atoms with Gasteiger partial charge in [0, 0.05) is 12.6 Å². The van der Waals surface area contributed by atoms with Gasteiger partial charge in [0.25, 0.3) is 0 Å². The number of hydrogen-bond acceptors (Lipinski definition) is 4. The Kier molecular flexibility index (Phi) is 4.95. The number of ether oxygens (including phenoxy) is 1. The van der Waals surface area contributed by atoms with E-state index in [9.17, 15) is 9.59 Å². The first-order chi connectivity index (χ1) is 8.26. The van der Waals surface area contributed by atoms with Crippen molar-refractivity contribution in [2.24, 2.45) is 5.73 Å². The molecule has 0 bridgehead atoms. The van der Waals surface area contributed by atoms with E-state index in [1.165, 1.54) is 0 Å². The van der Waals surface area contributed by atoms with Crippen molar-refractivity contribution in [2.75, 3.05) is 19.6 Å². The van der Waals surface area contributed by atoms with Crippen LogP contribution >= 0.6 is 0 Å². The number of nitrogens with one attached hydrogen (secondary N) is 1. The predicted octanol–water partition coefficient (Wildman–Crippen LogP) is 0.461. The quantitative estimate of drug-likeness (QED) is 0.769. The molecule has 0 aliphatic carbocycles. The van der Waals surface area contributed by atoms with E-state index in [0.29, 0.717) is 6.54 Å². The summed E-state index contributed by atoms with van der Waals surface area (Å²) in [7, 11) is 0. The number of amides is 2. The van der Waals surface area contributed by atoms with Crippen LogP contribution in [0.3, 0.4) is 0 Å². The van der Waals surface area contributed by atoms with Gasteiger partial charge in [-0.1, -0.05) is 0 Å². The molecule has 1 rings (SSSR count). The SMILES string of the molecule is CC(C)(C)OC(=O)NC1CCCN(CC(N)=O)C1. The average Bonchev–Trinajstić information content (AvgIpc) is 2.13. The third-order valence-electron chi connectivity index (χ3n) is 2.61. The van der Waals surface area contributed by atoms with Gasteiger partial charge >= 0.3 is 6.09 Å². The van der Waals surface area contributed by atoms with E-state index >= 15 is 0 Å². The molecule has 1 heterocycles. The second-order valence-corrected chi connectivity index (χ2v) is 5.69. The number of rotatable bonds is 3. The van der Waals surface area contributed by atoms with Crippen LogP contribution in [0, 0.1) is 0 Å². The van der Waals surface area contributed by atoms with E-state index in [2.05, 4.69) is 5.32 Å². The smallest absolute Gasteiger partial charge is 0.407 e. The first-order valence-electron chi connectivity index (χ1n) is 6.26. The molecule has 3 N–H and O–H groups in total. The lowest BCUT2D eigenvalue weighted by Crippen LogP contribution is -2.50. The molecular weight excluding hydrogens is 234 g/mol. The van der Waals surface area contributed by atoms with Gasteiger partial charge in [0.15, 0.2) is 0 Å². The maximum absolute atomic E-state index is 11.6. The standard InChI is InChI=1S/C12H23N3O3/c1-12(2,3)18-11(17)14-9-5-4-6-15(7-9)8-10(13)16/h9H,4-8H2,1-3H3,(H2,13,16)(H,14,17). The highest BCUT2D eigenvalue weighted by Crippen LogP contribution is 2.11. The van der Waals surface area contributed by atoms with E-state index in [4.69, 9.17) is 10.5 Å². The second kappa shape index (κ2) is 6.04. The Morgan fingerprint density at radius 1 is 1.44 bits per heavy atom. The number of nitrogens with two attached hydrogens (primary N) is 1. The summed E-state index contributed by atoms with van der Waals surface area (Å²) in [5, 5.41) is 2.82. The molecule has 1 fully saturated rings. The van der Waals surface area contributed by atoms with Gasteiger partial charge in [0.05, 0.1) is 6.54 Å². The zero-order valence-corrected chi connectivity index (χ0v) is 11.4. The van der Waals surface area contributed by atoms with E-state index in [0.717, 1.165) is 19.4 Å². The molecular formula is C12H23N3O3. The summed E-state index contributed by atoms with van der Waals surface area (Å²) in [5.41, 5.74) is 4.67. The van der Waals surface area contributed by atoms with E-state index < -0.39 is 11.7 Å². The Morgan fingerprint density at radius 2 is 2.11 bits per heavy atom. The summed E-state index contributed by atoms with van der Waals surface area (Å²) in [5.74, 6) is -0.340. The van der Waals surface area contributed by atoms with Gasteiger partial charge in [-0.05, 0) is 40.2 Å². The van der Waals surface area contributed by atoms with Crippen LogP contribution in [0.4, 0.5) is 4.79 Å². The zero-order chi connectivity index (χ0) is 13.8. The van der Waals surface area contributed by atoms with Gasteiger partial charge in [-0.25, -0.2) is 4.79 Å².